The van der Waals surface area contributed by atoms with Gasteiger partial charge >= 0.3 is 0 Å². The van der Waals surface area contributed by atoms with Crippen molar-refractivity contribution in [2.75, 3.05) is 0 Å². The van der Waals surface area contributed by atoms with E-state index in [4.69, 9.17) is 14.2 Å². The molecule has 0 bridgehead atoms. The van der Waals surface area contributed by atoms with Gasteiger partial charge in [-0.3, -0.25) is 0 Å². The van der Waals surface area contributed by atoms with E-state index < -0.39 is 0 Å². The first kappa shape index (κ1) is 34.9. The van der Waals surface area contributed by atoms with E-state index in [9.17, 15) is 5.11 Å². The van der Waals surface area contributed by atoms with Crippen molar-refractivity contribution in [2.24, 2.45) is 0 Å². The van der Waals surface area contributed by atoms with Crippen molar-refractivity contribution in [1.29, 1.82) is 0 Å². The molecule has 46 heavy (non-hydrogen) atoms. The van der Waals surface area contributed by atoms with E-state index in [0.717, 1.165) is 93.7 Å². The van der Waals surface area contributed by atoms with Crippen LogP contribution in [0.5, 0.6) is 23.0 Å². The number of aromatic hydroxyl groups is 1. The highest BCUT2D eigenvalue weighted by molar-refractivity contribution is 5.59. The summed E-state index contributed by atoms with van der Waals surface area (Å²) in [6, 6.07) is 34.7. The van der Waals surface area contributed by atoms with E-state index in [1.54, 1.807) is 6.07 Å². The van der Waals surface area contributed by atoms with Crippen molar-refractivity contribution in [3.63, 3.8) is 0 Å². The zero-order valence-electron chi connectivity index (χ0n) is 28.2. The lowest BCUT2D eigenvalue weighted by molar-refractivity contribution is 0.130. The first-order chi connectivity index (χ1) is 22.6. The van der Waals surface area contributed by atoms with Crippen LogP contribution >= 0.6 is 0 Å². The summed E-state index contributed by atoms with van der Waals surface area (Å²) in [6.07, 6.45) is 11.9. The zero-order valence-corrected chi connectivity index (χ0v) is 28.2. The summed E-state index contributed by atoms with van der Waals surface area (Å²) in [4.78, 5) is 0. The Bertz CT molecular complexity index is 1370. The Morgan fingerprint density at radius 2 is 0.804 bits per heavy atom. The average molecular weight is 623 g/mol. The molecule has 4 aromatic carbocycles. The van der Waals surface area contributed by atoms with Crippen molar-refractivity contribution in [3.8, 4) is 23.0 Å². The van der Waals surface area contributed by atoms with Gasteiger partial charge in [-0.2, -0.15) is 0 Å². The highest BCUT2D eigenvalue weighted by Crippen LogP contribution is 2.49. The fraction of sp³-hybridized carbons (Fsp3) is 0.429. The lowest BCUT2D eigenvalue weighted by Crippen LogP contribution is -2.14. The van der Waals surface area contributed by atoms with Gasteiger partial charge in [0.05, 0.1) is 0 Å². The monoisotopic (exact) mass is 622 g/mol. The van der Waals surface area contributed by atoms with Crippen LogP contribution in [0.15, 0.2) is 103 Å². The Balaban J connectivity index is 1.79. The van der Waals surface area contributed by atoms with Gasteiger partial charge in [0.2, 0.25) is 11.5 Å². The molecule has 246 valence electrons. The topological polar surface area (TPSA) is 47.9 Å². The normalized spacial score (nSPS) is 13.1. The zero-order chi connectivity index (χ0) is 32.4. The number of rotatable bonds is 21. The fourth-order valence-electron chi connectivity index (χ4n) is 5.91. The molecule has 0 heterocycles. The minimum Gasteiger partial charge on any atom is -0.504 e. The second kappa shape index (κ2) is 19.6. The van der Waals surface area contributed by atoms with Crippen molar-refractivity contribution in [1.82, 2.24) is 0 Å². The number of phenols is 1. The Morgan fingerprint density at radius 1 is 0.435 bits per heavy atom. The standard InChI is InChI=1S/C42H54O4/c1-4-7-13-28-37(33-22-16-10-17-23-33)44-40-32-31-36(43)41(45-38(29-14-8-5-2)34-24-18-11-19-25-34)42(40)46-39(30-15-9-6-3)35-26-20-12-21-27-35/h10-12,16-27,31-32,37-39,43H,4-9,13-15,28-30H2,1-3H3. The maximum atomic E-state index is 11.4. The Labute approximate surface area is 277 Å². The maximum absolute atomic E-state index is 11.4. The minimum absolute atomic E-state index is 0.0568. The number of phenolic OH excluding ortho intramolecular Hbond substituents is 1. The Kier molecular flexibility index (Phi) is 14.9. The van der Waals surface area contributed by atoms with Gasteiger partial charge in [-0.1, -0.05) is 150 Å². The summed E-state index contributed by atoms with van der Waals surface area (Å²) in [5.74, 6) is 1.47. The number of hydrogen-bond acceptors (Lipinski definition) is 4. The second-order valence-electron chi connectivity index (χ2n) is 12.3. The van der Waals surface area contributed by atoms with E-state index in [-0.39, 0.29) is 24.1 Å². The molecule has 0 radical (unpaired) electrons. The van der Waals surface area contributed by atoms with Crippen LogP contribution in [0.4, 0.5) is 0 Å². The van der Waals surface area contributed by atoms with Crippen LogP contribution < -0.4 is 14.2 Å². The Hall–Kier alpha value is -3.92. The van der Waals surface area contributed by atoms with E-state index in [2.05, 4.69) is 81.4 Å². The molecule has 3 atom stereocenters. The lowest BCUT2D eigenvalue weighted by atomic mass is 10.0. The summed E-state index contributed by atoms with van der Waals surface area (Å²) in [7, 11) is 0. The highest BCUT2D eigenvalue weighted by Gasteiger charge is 2.27. The summed E-state index contributed by atoms with van der Waals surface area (Å²) >= 11 is 0. The van der Waals surface area contributed by atoms with Crippen molar-refractivity contribution in [3.05, 3.63) is 120 Å². The first-order valence-corrected chi connectivity index (χ1v) is 17.6. The Morgan fingerprint density at radius 3 is 1.20 bits per heavy atom. The smallest absolute Gasteiger partial charge is 0.208 e. The molecule has 3 unspecified atom stereocenters. The predicted molar refractivity (Wildman–Crippen MR) is 190 cm³/mol. The van der Waals surface area contributed by atoms with Crippen LogP contribution in [0, 0.1) is 0 Å². The molecule has 0 aliphatic carbocycles. The van der Waals surface area contributed by atoms with Crippen LogP contribution in [0.25, 0.3) is 0 Å². The van der Waals surface area contributed by atoms with Gasteiger partial charge in [0.1, 0.15) is 18.3 Å². The van der Waals surface area contributed by atoms with Gasteiger partial charge in [-0.25, -0.2) is 0 Å². The third-order valence-corrected chi connectivity index (χ3v) is 8.57. The van der Waals surface area contributed by atoms with Crippen molar-refractivity contribution >= 4 is 0 Å². The van der Waals surface area contributed by atoms with E-state index in [1.165, 1.54) is 0 Å². The quantitative estimate of drug-likeness (QED) is 0.0939. The molecule has 4 heteroatoms. The molecular weight excluding hydrogens is 568 g/mol. The SMILES string of the molecule is CCCCCC(Oc1ccc(O)c(OC(CCCCC)c2ccccc2)c1OC(CCCCC)c1ccccc1)c1ccccc1. The number of unbranched alkanes of at least 4 members (excludes halogenated alkanes) is 6. The van der Waals surface area contributed by atoms with Gasteiger partial charge < -0.3 is 19.3 Å². The van der Waals surface area contributed by atoms with Crippen molar-refractivity contribution in [2.45, 2.75) is 116 Å². The van der Waals surface area contributed by atoms with Crippen LogP contribution in [0.3, 0.4) is 0 Å². The average Bonchev–Trinajstić information content (AvgIpc) is 3.10. The van der Waals surface area contributed by atoms with Crippen LogP contribution in [0.2, 0.25) is 0 Å². The molecule has 4 aromatic rings. The molecule has 0 fully saturated rings. The third-order valence-electron chi connectivity index (χ3n) is 8.57. The van der Waals surface area contributed by atoms with Crippen LogP contribution in [0.1, 0.15) is 133 Å². The first-order valence-electron chi connectivity index (χ1n) is 17.6. The molecule has 0 aliphatic rings. The summed E-state index contributed by atoms with van der Waals surface area (Å²) in [6.45, 7) is 6.65. The van der Waals surface area contributed by atoms with Gasteiger partial charge in [-0.15, -0.1) is 0 Å². The predicted octanol–water partition coefficient (Wildman–Crippen LogP) is 12.5. The van der Waals surface area contributed by atoms with Crippen LogP contribution in [-0.2, 0) is 0 Å². The van der Waals surface area contributed by atoms with E-state index in [0.29, 0.717) is 17.2 Å². The minimum atomic E-state index is -0.235. The molecular formula is C42H54O4. The van der Waals surface area contributed by atoms with Crippen molar-refractivity contribution < 1.29 is 19.3 Å². The van der Waals surface area contributed by atoms with Gasteiger partial charge in [-0.05, 0) is 67.3 Å². The molecule has 1 N–H and O–H groups in total. The molecule has 4 rings (SSSR count). The molecule has 0 amide bonds. The van der Waals surface area contributed by atoms with Crippen LogP contribution in [-0.4, -0.2) is 5.11 Å². The van der Waals surface area contributed by atoms with Gasteiger partial charge in [0, 0.05) is 0 Å². The van der Waals surface area contributed by atoms with Gasteiger partial charge in [0.15, 0.2) is 11.5 Å². The van der Waals surface area contributed by atoms with E-state index >= 15 is 0 Å². The fourth-order valence-corrected chi connectivity index (χ4v) is 5.91. The molecule has 0 aliphatic heterocycles. The molecule has 4 nitrogen and oxygen atoms in total. The maximum Gasteiger partial charge on any atom is 0.208 e. The summed E-state index contributed by atoms with van der Waals surface area (Å²) in [5, 5.41) is 11.4. The van der Waals surface area contributed by atoms with E-state index in [1.807, 2.05) is 36.4 Å². The lowest BCUT2D eigenvalue weighted by Gasteiger charge is -2.28. The van der Waals surface area contributed by atoms with Gasteiger partial charge in [0.25, 0.3) is 0 Å². The second-order valence-corrected chi connectivity index (χ2v) is 12.3. The third kappa shape index (κ3) is 10.6. The highest BCUT2D eigenvalue weighted by atomic mass is 16.6. The molecule has 0 saturated heterocycles. The number of benzene rings is 4. The largest absolute Gasteiger partial charge is 0.504 e. The molecule has 0 saturated carbocycles. The number of hydrogen-bond donors (Lipinski definition) is 1. The molecule has 0 spiro atoms. The summed E-state index contributed by atoms with van der Waals surface area (Å²) in [5.41, 5.74) is 3.31. The summed E-state index contributed by atoms with van der Waals surface area (Å²) < 4.78 is 20.8. The number of ether oxygens (including phenoxy) is 3. The molecule has 0 aromatic heterocycles.